The Morgan fingerprint density at radius 1 is 1.30 bits per heavy atom. The van der Waals surface area contributed by atoms with Crippen LogP contribution in [0.15, 0.2) is 12.2 Å². The van der Waals surface area contributed by atoms with E-state index in [4.69, 9.17) is 4.74 Å². The lowest BCUT2D eigenvalue weighted by molar-refractivity contribution is -0.227. The van der Waals surface area contributed by atoms with Gasteiger partial charge < -0.3 is 9.84 Å². The van der Waals surface area contributed by atoms with Crippen molar-refractivity contribution in [2.45, 2.75) is 71.5 Å². The van der Waals surface area contributed by atoms with Crippen LogP contribution in [0.3, 0.4) is 0 Å². The van der Waals surface area contributed by atoms with Gasteiger partial charge in [-0.1, -0.05) is 26.0 Å². The first-order chi connectivity index (χ1) is 9.20. The minimum absolute atomic E-state index is 0.160. The second-order valence-corrected chi connectivity index (χ2v) is 7.20. The van der Waals surface area contributed by atoms with Crippen molar-refractivity contribution in [3.8, 4) is 0 Å². The van der Waals surface area contributed by atoms with E-state index in [1.54, 1.807) is 0 Å². The Morgan fingerprint density at radius 3 is 2.50 bits per heavy atom. The summed E-state index contributed by atoms with van der Waals surface area (Å²) in [6.07, 6.45) is 4.27. The van der Waals surface area contributed by atoms with Crippen LogP contribution in [0.5, 0.6) is 0 Å². The molecule has 0 spiro atoms. The maximum atomic E-state index is 11.4. The number of carbonyl (C=O) groups is 1. The molecule has 0 aromatic heterocycles. The number of hydrogen-bond donors (Lipinski definition) is 1. The van der Waals surface area contributed by atoms with Crippen LogP contribution in [-0.4, -0.2) is 22.8 Å². The van der Waals surface area contributed by atoms with Gasteiger partial charge in [0.05, 0.1) is 5.60 Å². The topological polar surface area (TPSA) is 46.5 Å². The molecule has 0 bridgehead atoms. The predicted octanol–water partition coefficient (Wildman–Crippen LogP) is 3.46. The first kappa shape index (κ1) is 15.6. The third-order valence-corrected chi connectivity index (χ3v) is 5.95. The van der Waals surface area contributed by atoms with Crippen LogP contribution in [0.2, 0.25) is 0 Å². The number of ether oxygens (including phenoxy) is 1. The summed E-state index contributed by atoms with van der Waals surface area (Å²) in [5.41, 5.74) is 0.0671. The van der Waals surface area contributed by atoms with Crippen LogP contribution in [0.1, 0.15) is 59.8 Å². The SMILES string of the molecule is C=C(C)[C@@H]1CC[C@@]2(C)[C@@H](OC(C)=O)CC[C@@H](C)[C@]2(O)C1. The number of esters is 1. The van der Waals surface area contributed by atoms with E-state index in [-0.39, 0.29) is 23.4 Å². The lowest BCUT2D eigenvalue weighted by Crippen LogP contribution is -2.63. The molecule has 114 valence electrons. The maximum Gasteiger partial charge on any atom is 0.302 e. The van der Waals surface area contributed by atoms with Crippen LogP contribution in [0.25, 0.3) is 0 Å². The Hall–Kier alpha value is -0.830. The largest absolute Gasteiger partial charge is 0.462 e. The van der Waals surface area contributed by atoms with Gasteiger partial charge in [0.15, 0.2) is 0 Å². The second kappa shape index (κ2) is 5.18. The highest BCUT2D eigenvalue weighted by molar-refractivity contribution is 5.66. The molecule has 0 aliphatic heterocycles. The highest BCUT2D eigenvalue weighted by atomic mass is 16.5. The monoisotopic (exact) mass is 280 g/mol. The highest BCUT2D eigenvalue weighted by Gasteiger charge is 2.60. The van der Waals surface area contributed by atoms with E-state index in [9.17, 15) is 9.90 Å². The van der Waals surface area contributed by atoms with Crippen LogP contribution in [0, 0.1) is 17.3 Å². The zero-order chi connectivity index (χ0) is 15.1. The Morgan fingerprint density at radius 2 is 1.95 bits per heavy atom. The van der Waals surface area contributed by atoms with Crippen molar-refractivity contribution in [2.75, 3.05) is 0 Å². The van der Waals surface area contributed by atoms with Gasteiger partial charge in [-0.15, -0.1) is 0 Å². The third-order valence-electron chi connectivity index (χ3n) is 5.95. The van der Waals surface area contributed by atoms with Crippen LogP contribution >= 0.6 is 0 Å². The normalized spacial score (nSPS) is 44.5. The molecule has 2 fully saturated rings. The summed E-state index contributed by atoms with van der Waals surface area (Å²) in [7, 11) is 0. The zero-order valence-electron chi connectivity index (χ0n) is 13.2. The summed E-state index contributed by atoms with van der Waals surface area (Å²) in [6.45, 7) is 11.8. The predicted molar refractivity (Wildman–Crippen MR) is 79.2 cm³/mol. The van der Waals surface area contributed by atoms with Gasteiger partial charge >= 0.3 is 5.97 Å². The smallest absolute Gasteiger partial charge is 0.302 e. The second-order valence-electron chi connectivity index (χ2n) is 7.20. The molecule has 20 heavy (non-hydrogen) atoms. The standard InChI is InChI=1S/C17H28O3/c1-11(2)14-8-9-16(5)15(20-13(4)18)7-6-12(3)17(16,19)10-14/h12,14-15,19H,1,6-10H2,2-5H3/t12-,14-,15+,16+,17-/m1/s1. The molecule has 2 saturated carbocycles. The number of hydrogen-bond acceptors (Lipinski definition) is 3. The molecule has 2 rings (SSSR count). The molecule has 3 heteroatoms. The number of fused-ring (bicyclic) bond motifs is 1. The Balaban J connectivity index is 2.31. The fourth-order valence-electron chi connectivity index (χ4n) is 4.37. The van der Waals surface area contributed by atoms with Crippen LogP contribution < -0.4 is 0 Å². The maximum absolute atomic E-state index is 11.4. The van der Waals surface area contributed by atoms with E-state index in [1.807, 2.05) is 6.92 Å². The number of aliphatic hydroxyl groups is 1. The summed E-state index contributed by atoms with van der Waals surface area (Å²) in [5, 5.41) is 11.4. The molecule has 2 aliphatic carbocycles. The molecular formula is C17H28O3. The zero-order valence-corrected chi connectivity index (χ0v) is 13.2. The molecule has 2 aliphatic rings. The molecule has 1 N–H and O–H groups in total. The number of carbonyl (C=O) groups excluding carboxylic acids is 1. The van der Waals surface area contributed by atoms with Gasteiger partial charge in [0.1, 0.15) is 6.10 Å². The summed E-state index contributed by atoms with van der Waals surface area (Å²) in [5.74, 6) is 0.378. The van der Waals surface area contributed by atoms with Crippen molar-refractivity contribution in [2.24, 2.45) is 17.3 Å². The fraction of sp³-hybridized carbons (Fsp3) is 0.824. The first-order valence-corrected chi connectivity index (χ1v) is 7.75. The summed E-state index contributed by atoms with van der Waals surface area (Å²) < 4.78 is 5.55. The van der Waals surface area contributed by atoms with Crippen LogP contribution in [-0.2, 0) is 9.53 Å². The van der Waals surface area contributed by atoms with E-state index in [0.717, 1.165) is 37.7 Å². The van der Waals surface area contributed by atoms with Gasteiger partial charge in [-0.2, -0.15) is 0 Å². The summed E-state index contributed by atoms with van der Waals surface area (Å²) in [4.78, 5) is 11.4. The third kappa shape index (κ3) is 2.30. The van der Waals surface area contributed by atoms with Gasteiger partial charge in [0.2, 0.25) is 0 Å². The Labute approximate surface area is 122 Å². The molecule has 0 heterocycles. The van der Waals surface area contributed by atoms with Crippen molar-refractivity contribution in [3.63, 3.8) is 0 Å². The summed E-state index contributed by atoms with van der Waals surface area (Å²) >= 11 is 0. The molecule has 0 unspecified atom stereocenters. The quantitative estimate of drug-likeness (QED) is 0.622. The lowest BCUT2D eigenvalue weighted by Gasteiger charge is -2.59. The minimum Gasteiger partial charge on any atom is -0.462 e. The van der Waals surface area contributed by atoms with Gasteiger partial charge in [-0.05, 0) is 50.9 Å². The molecule has 0 radical (unpaired) electrons. The molecular weight excluding hydrogens is 252 g/mol. The Bertz CT molecular complexity index is 414. The molecule has 0 aromatic rings. The van der Waals surface area contributed by atoms with Crippen molar-refractivity contribution in [1.82, 2.24) is 0 Å². The van der Waals surface area contributed by atoms with Crippen molar-refractivity contribution in [1.29, 1.82) is 0 Å². The van der Waals surface area contributed by atoms with E-state index in [2.05, 4.69) is 20.4 Å². The van der Waals surface area contributed by atoms with Gasteiger partial charge in [0.25, 0.3) is 0 Å². The van der Waals surface area contributed by atoms with Gasteiger partial charge in [-0.25, -0.2) is 0 Å². The lowest BCUT2D eigenvalue weighted by atomic mass is 9.50. The molecule has 3 nitrogen and oxygen atoms in total. The average molecular weight is 280 g/mol. The Kier molecular flexibility index (Phi) is 4.03. The molecule has 0 amide bonds. The first-order valence-electron chi connectivity index (χ1n) is 7.75. The van der Waals surface area contributed by atoms with E-state index in [0.29, 0.717) is 5.92 Å². The van der Waals surface area contributed by atoms with E-state index < -0.39 is 5.60 Å². The molecule has 0 aromatic carbocycles. The number of rotatable bonds is 2. The highest BCUT2D eigenvalue weighted by Crippen LogP contribution is 2.58. The van der Waals surface area contributed by atoms with Crippen molar-refractivity contribution >= 4 is 5.97 Å². The van der Waals surface area contributed by atoms with Gasteiger partial charge in [0, 0.05) is 12.3 Å². The fourth-order valence-corrected chi connectivity index (χ4v) is 4.37. The molecule has 0 saturated heterocycles. The number of allylic oxidation sites excluding steroid dienone is 1. The van der Waals surface area contributed by atoms with E-state index in [1.165, 1.54) is 6.92 Å². The van der Waals surface area contributed by atoms with Crippen molar-refractivity contribution < 1.29 is 14.6 Å². The summed E-state index contributed by atoms with van der Waals surface area (Å²) in [6, 6.07) is 0. The average Bonchev–Trinajstić information content (AvgIpc) is 2.35. The van der Waals surface area contributed by atoms with Crippen LogP contribution in [0.4, 0.5) is 0 Å². The molecule has 5 atom stereocenters. The van der Waals surface area contributed by atoms with E-state index >= 15 is 0 Å². The van der Waals surface area contributed by atoms with Gasteiger partial charge in [-0.3, -0.25) is 4.79 Å². The van der Waals surface area contributed by atoms with Crippen molar-refractivity contribution in [3.05, 3.63) is 12.2 Å². The minimum atomic E-state index is -0.757.